The number of hydrogen-bond acceptors (Lipinski definition) is 3. The highest BCUT2D eigenvalue weighted by Crippen LogP contribution is 2.33. The average Bonchev–Trinajstić information content (AvgIpc) is 2.77. The van der Waals surface area contributed by atoms with Crippen LogP contribution in [0.1, 0.15) is 5.56 Å². The summed E-state index contributed by atoms with van der Waals surface area (Å²) in [4.78, 5) is 14.0. The Morgan fingerprint density at radius 1 is 0.600 bits per heavy atom. The predicted octanol–water partition coefficient (Wildman–Crippen LogP) is 6.53. The Hall–Kier alpha value is -3.80. The van der Waals surface area contributed by atoms with E-state index in [-0.39, 0.29) is 0 Å². The second kappa shape index (κ2) is 6.91. The van der Waals surface area contributed by atoms with E-state index < -0.39 is 11.7 Å². The molecule has 5 rings (SSSR count). The number of aromatic nitrogens is 3. The number of pyridine rings is 1. The Bertz CT molecular complexity index is 1380. The molecule has 0 aliphatic carbocycles. The van der Waals surface area contributed by atoms with Gasteiger partial charge in [-0.25, -0.2) is 15.0 Å². The van der Waals surface area contributed by atoms with Gasteiger partial charge in [0.05, 0.1) is 22.3 Å². The molecule has 0 bridgehead atoms. The second-order valence-electron chi connectivity index (χ2n) is 6.88. The molecule has 0 amide bonds. The quantitative estimate of drug-likeness (QED) is 0.337. The summed E-state index contributed by atoms with van der Waals surface area (Å²) in [5, 5.41) is 1.77. The Balaban J connectivity index is 1.69. The zero-order chi connectivity index (χ0) is 20.7. The molecule has 0 radical (unpaired) electrons. The van der Waals surface area contributed by atoms with E-state index in [1.54, 1.807) is 0 Å². The van der Waals surface area contributed by atoms with Crippen LogP contribution < -0.4 is 0 Å². The molecule has 3 nitrogen and oxygen atoms in total. The molecule has 0 saturated carbocycles. The number of rotatable bonds is 2. The van der Waals surface area contributed by atoms with Crippen LogP contribution >= 0.6 is 0 Å². The lowest BCUT2D eigenvalue weighted by molar-refractivity contribution is -0.137. The fourth-order valence-electron chi connectivity index (χ4n) is 3.42. The zero-order valence-electron chi connectivity index (χ0n) is 15.6. The number of fused-ring (bicyclic) bond motifs is 2. The first-order chi connectivity index (χ1) is 14.5. The molecular weight excluding hydrogens is 387 g/mol. The minimum Gasteiger partial charge on any atom is -0.244 e. The van der Waals surface area contributed by atoms with Gasteiger partial charge in [0, 0.05) is 16.3 Å². The Morgan fingerprint density at radius 2 is 1.30 bits per heavy atom. The lowest BCUT2D eigenvalue weighted by Gasteiger charge is -2.11. The first kappa shape index (κ1) is 18.2. The topological polar surface area (TPSA) is 38.7 Å². The van der Waals surface area contributed by atoms with Crippen molar-refractivity contribution in [2.24, 2.45) is 0 Å². The molecule has 0 fully saturated rings. The van der Waals surface area contributed by atoms with Crippen molar-refractivity contribution in [1.82, 2.24) is 15.0 Å². The smallest absolute Gasteiger partial charge is 0.244 e. The molecule has 30 heavy (non-hydrogen) atoms. The zero-order valence-corrected chi connectivity index (χ0v) is 15.6. The molecule has 5 aromatic rings. The van der Waals surface area contributed by atoms with Crippen molar-refractivity contribution in [1.29, 1.82) is 0 Å². The van der Waals surface area contributed by atoms with Gasteiger partial charge in [-0.1, -0.05) is 54.6 Å². The molecule has 2 aromatic heterocycles. The third-order valence-electron chi connectivity index (χ3n) is 4.92. The highest BCUT2D eigenvalue weighted by Gasteiger charge is 2.30. The van der Waals surface area contributed by atoms with Crippen LogP contribution in [0, 0.1) is 0 Å². The van der Waals surface area contributed by atoms with Crippen LogP contribution in [0.2, 0.25) is 0 Å². The van der Waals surface area contributed by atoms with Crippen molar-refractivity contribution < 1.29 is 13.2 Å². The van der Waals surface area contributed by atoms with Crippen LogP contribution in [-0.4, -0.2) is 15.0 Å². The molecule has 0 saturated heterocycles. The molecule has 0 unspecified atom stereocenters. The van der Waals surface area contributed by atoms with E-state index in [0.717, 1.165) is 28.4 Å². The van der Waals surface area contributed by atoms with Gasteiger partial charge in [0.2, 0.25) is 0 Å². The van der Waals surface area contributed by atoms with Crippen molar-refractivity contribution in [3.8, 4) is 22.8 Å². The fourth-order valence-corrected chi connectivity index (χ4v) is 3.42. The van der Waals surface area contributed by atoms with Crippen LogP contribution in [0.5, 0.6) is 0 Å². The summed E-state index contributed by atoms with van der Waals surface area (Å²) in [6.45, 7) is 0. The van der Waals surface area contributed by atoms with E-state index in [0.29, 0.717) is 28.3 Å². The van der Waals surface area contributed by atoms with Crippen molar-refractivity contribution >= 4 is 21.8 Å². The maximum absolute atomic E-state index is 13.0. The number of nitrogens with zero attached hydrogens (tertiary/aromatic N) is 3. The second-order valence-corrected chi connectivity index (χ2v) is 6.88. The average molecular weight is 401 g/mol. The van der Waals surface area contributed by atoms with Crippen LogP contribution in [0.4, 0.5) is 13.2 Å². The largest absolute Gasteiger partial charge is 0.416 e. The first-order valence-corrected chi connectivity index (χ1v) is 9.30. The van der Waals surface area contributed by atoms with E-state index in [1.165, 1.54) is 12.1 Å². The summed E-state index contributed by atoms with van der Waals surface area (Å²) in [7, 11) is 0. The summed E-state index contributed by atoms with van der Waals surface area (Å²) in [5.74, 6) is 0.425. The van der Waals surface area contributed by atoms with Crippen molar-refractivity contribution in [3.63, 3.8) is 0 Å². The normalized spacial score (nSPS) is 11.8. The van der Waals surface area contributed by atoms with Crippen LogP contribution in [0.15, 0.2) is 84.9 Å². The number of hydrogen-bond donors (Lipinski definition) is 0. The van der Waals surface area contributed by atoms with Gasteiger partial charge in [0.1, 0.15) is 5.69 Å². The SMILES string of the molecule is FC(F)(F)c1ccc(-c2nc(-c3ccc4ccccc4n3)nc3ccccc23)cc1. The van der Waals surface area contributed by atoms with Gasteiger partial charge in [-0.3, -0.25) is 0 Å². The van der Waals surface area contributed by atoms with Crippen LogP contribution in [0.3, 0.4) is 0 Å². The highest BCUT2D eigenvalue weighted by atomic mass is 19.4. The van der Waals surface area contributed by atoms with E-state index in [1.807, 2.05) is 60.7 Å². The Kier molecular flexibility index (Phi) is 4.20. The number of benzene rings is 3. The molecule has 0 N–H and O–H groups in total. The van der Waals surface area contributed by atoms with Gasteiger partial charge in [-0.15, -0.1) is 0 Å². The minimum absolute atomic E-state index is 0.425. The van der Waals surface area contributed by atoms with Gasteiger partial charge in [-0.2, -0.15) is 13.2 Å². The summed E-state index contributed by atoms with van der Waals surface area (Å²) in [5.41, 5.74) is 2.59. The number of alkyl halides is 3. The summed E-state index contributed by atoms with van der Waals surface area (Å²) >= 11 is 0. The molecule has 0 spiro atoms. The van der Waals surface area contributed by atoms with Gasteiger partial charge in [0.15, 0.2) is 5.82 Å². The van der Waals surface area contributed by atoms with Crippen LogP contribution in [-0.2, 0) is 6.18 Å². The van der Waals surface area contributed by atoms with Crippen LogP contribution in [0.25, 0.3) is 44.6 Å². The molecule has 0 aliphatic rings. The highest BCUT2D eigenvalue weighted by molar-refractivity contribution is 5.93. The van der Waals surface area contributed by atoms with Crippen molar-refractivity contribution in [2.75, 3.05) is 0 Å². The predicted molar refractivity (Wildman–Crippen MR) is 111 cm³/mol. The lowest BCUT2D eigenvalue weighted by Crippen LogP contribution is -2.04. The van der Waals surface area contributed by atoms with Gasteiger partial charge in [0.25, 0.3) is 0 Å². The summed E-state index contributed by atoms with van der Waals surface area (Å²) in [6.07, 6.45) is -4.38. The molecule has 0 atom stereocenters. The molecule has 2 heterocycles. The van der Waals surface area contributed by atoms with Gasteiger partial charge >= 0.3 is 6.18 Å². The molecule has 0 aliphatic heterocycles. The minimum atomic E-state index is -4.38. The van der Waals surface area contributed by atoms with E-state index >= 15 is 0 Å². The fraction of sp³-hybridized carbons (Fsp3) is 0.0417. The summed E-state index contributed by atoms with van der Waals surface area (Å²) < 4.78 is 38.9. The third-order valence-corrected chi connectivity index (χ3v) is 4.92. The van der Waals surface area contributed by atoms with E-state index in [4.69, 9.17) is 0 Å². The molecule has 3 aromatic carbocycles. The number of halogens is 3. The number of para-hydroxylation sites is 2. The third kappa shape index (κ3) is 3.26. The van der Waals surface area contributed by atoms with Crippen molar-refractivity contribution in [2.45, 2.75) is 6.18 Å². The lowest BCUT2D eigenvalue weighted by atomic mass is 10.0. The standard InChI is InChI=1S/C24H14F3N3/c25-24(26,27)17-12-9-16(10-13-17)22-18-6-2-4-8-20(18)29-23(30-22)21-14-11-15-5-1-3-7-19(15)28-21/h1-14H. The molecule has 146 valence electrons. The maximum Gasteiger partial charge on any atom is 0.416 e. The maximum atomic E-state index is 13.0. The Morgan fingerprint density at radius 3 is 2.07 bits per heavy atom. The summed E-state index contributed by atoms with van der Waals surface area (Å²) in [6, 6.07) is 24.0. The molecular formula is C24H14F3N3. The van der Waals surface area contributed by atoms with E-state index in [9.17, 15) is 13.2 Å². The monoisotopic (exact) mass is 401 g/mol. The van der Waals surface area contributed by atoms with Crippen molar-refractivity contribution in [3.05, 3.63) is 90.5 Å². The van der Waals surface area contributed by atoms with Gasteiger partial charge < -0.3 is 0 Å². The Labute approximate surface area is 169 Å². The van der Waals surface area contributed by atoms with E-state index in [2.05, 4.69) is 15.0 Å². The first-order valence-electron chi connectivity index (χ1n) is 9.30. The molecule has 6 heteroatoms. The van der Waals surface area contributed by atoms with Gasteiger partial charge in [-0.05, 0) is 30.3 Å².